The Morgan fingerprint density at radius 1 is 1.47 bits per heavy atom. The molecule has 2 nitrogen and oxygen atoms in total. The van der Waals surface area contributed by atoms with Crippen molar-refractivity contribution in [1.82, 2.24) is 10.2 Å². The largest absolute Gasteiger partial charge is 0.318 e. The SMILES string of the molecule is CNCC1CCCN1Cc1ccc(F)cc1C. The molecule has 1 unspecified atom stereocenters. The Hall–Kier alpha value is -0.930. The fraction of sp³-hybridized carbons (Fsp3) is 0.571. The summed E-state index contributed by atoms with van der Waals surface area (Å²) in [7, 11) is 2.00. The summed E-state index contributed by atoms with van der Waals surface area (Å²) in [5, 5.41) is 3.25. The van der Waals surface area contributed by atoms with Crippen molar-refractivity contribution in [3.63, 3.8) is 0 Å². The van der Waals surface area contributed by atoms with Crippen LogP contribution in [0.15, 0.2) is 18.2 Å². The van der Waals surface area contributed by atoms with Crippen LogP contribution in [0.4, 0.5) is 4.39 Å². The molecule has 0 aromatic heterocycles. The zero-order chi connectivity index (χ0) is 12.3. The number of aryl methyl sites for hydroxylation is 1. The van der Waals surface area contributed by atoms with Crippen LogP contribution in [0.3, 0.4) is 0 Å². The van der Waals surface area contributed by atoms with Gasteiger partial charge in [0.15, 0.2) is 0 Å². The number of hydrogen-bond acceptors (Lipinski definition) is 2. The van der Waals surface area contributed by atoms with Crippen LogP contribution < -0.4 is 5.32 Å². The molecule has 0 spiro atoms. The minimum atomic E-state index is -0.139. The van der Waals surface area contributed by atoms with Crippen LogP contribution >= 0.6 is 0 Å². The Morgan fingerprint density at radius 2 is 2.29 bits per heavy atom. The van der Waals surface area contributed by atoms with Gasteiger partial charge in [-0.15, -0.1) is 0 Å². The first-order valence-corrected chi connectivity index (χ1v) is 6.34. The number of halogens is 1. The van der Waals surface area contributed by atoms with Gasteiger partial charge in [0.25, 0.3) is 0 Å². The molecule has 1 fully saturated rings. The molecular formula is C14H21FN2. The molecule has 0 amide bonds. The second-order valence-corrected chi connectivity index (χ2v) is 4.90. The molecule has 1 N–H and O–H groups in total. The summed E-state index contributed by atoms with van der Waals surface area (Å²) in [5.74, 6) is -0.139. The van der Waals surface area contributed by atoms with Crippen LogP contribution in [-0.4, -0.2) is 31.1 Å². The second kappa shape index (κ2) is 5.61. The van der Waals surface area contributed by atoms with Gasteiger partial charge in [-0.1, -0.05) is 6.07 Å². The lowest BCUT2D eigenvalue weighted by molar-refractivity contribution is 0.242. The third-order valence-corrected chi connectivity index (χ3v) is 3.62. The first-order chi connectivity index (χ1) is 8.20. The van der Waals surface area contributed by atoms with E-state index in [1.54, 1.807) is 12.1 Å². The first-order valence-electron chi connectivity index (χ1n) is 6.34. The van der Waals surface area contributed by atoms with E-state index in [-0.39, 0.29) is 5.82 Å². The van der Waals surface area contributed by atoms with Gasteiger partial charge in [0, 0.05) is 19.1 Å². The highest BCUT2D eigenvalue weighted by Gasteiger charge is 2.23. The highest BCUT2D eigenvalue weighted by Crippen LogP contribution is 2.21. The van der Waals surface area contributed by atoms with Crippen LogP contribution in [0.25, 0.3) is 0 Å². The molecule has 0 saturated carbocycles. The van der Waals surface area contributed by atoms with Crippen molar-refractivity contribution < 1.29 is 4.39 Å². The molecule has 1 saturated heterocycles. The Bertz CT molecular complexity index is 378. The lowest BCUT2D eigenvalue weighted by atomic mass is 10.1. The minimum Gasteiger partial charge on any atom is -0.318 e. The van der Waals surface area contributed by atoms with Gasteiger partial charge in [-0.3, -0.25) is 4.90 Å². The zero-order valence-electron chi connectivity index (χ0n) is 10.7. The van der Waals surface area contributed by atoms with E-state index in [2.05, 4.69) is 10.2 Å². The molecular weight excluding hydrogens is 215 g/mol. The molecule has 17 heavy (non-hydrogen) atoms. The van der Waals surface area contributed by atoms with Gasteiger partial charge in [0.1, 0.15) is 5.82 Å². The standard InChI is InChI=1S/C14H21FN2/c1-11-8-13(15)6-5-12(11)10-17-7-3-4-14(17)9-16-2/h5-6,8,14,16H,3-4,7,9-10H2,1-2H3. The average molecular weight is 236 g/mol. The minimum absolute atomic E-state index is 0.139. The molecule has 0 aliphatic carbocycles. The highest BCUT2D eigenvalue weighted by atomic mass is 19.1. The molecule has 2 rings (SSSR count). The molecule has 1 atom stereocenters. The van der Waals surface area contributed by atoms with Crippen molar-refractivity contribution in [3.8, 4) is 0 Å². The molecule has 0 radical (unpaired) electrons. The fourth-order valence-electron chi connectivity index (χ4n) is 2.63. The Balaban J connectivity index is 2.04. The number of rotatable bonds is 4. The summed E-state index contributed by atoms with van der Waals surface area (Å²) in [6, 6.07) is 5.73. The third kappa shape index (κ3) is 3.05. The second-order valence-electron chi connectivity index (χ2n) is 4.90. The van der Waals surface area contributed by atoms with Crippen molar-refractivity contribution in [2.45, 2.75) is 32.4 Å². The van der Waals surface area contributed by atoms with Gasteiger partial charge in [0.05, 0.1) is 0 Å². The van der Waals surface area contributed by atoms with Crippen molar-refractivity contribution >= 4 is 0 Å². The normalized spacial score (nSPS) is 21.0. The first kappa shape index (κ1) is 12.5. The van der Waals surface area contributed by atoms with E-state index < -0.39 is 0 Å². The molecule has 1 aliphatic heterocycles. The number of benzene rings is 1. The number of hydrogen-bond donors (Lipinski definition) is 1. The maximum atomic E-state index is 13.0. The average Bonchev–Trinajstić information content (AvgIpc) is 2.71. The molecule has 1 aromatic rings. The van der Waals surface area contributed by atoms with Gasteiger partial charge < -0.3 is 5.32 Å². The Kier molecular flexibility index (Phi) is 4.13. The topological polar surface area (TPSA) is 15.3 Å². The van der Waals surface area contributed by atoms with Crippen LogP contribution in [0.5, 0.6) is 0 Å². The predicted octanol–water partition coefficient (Wildman–Crippen LogP) is 2.32. The molecule has 1 heterocycles. The van der Waals surface area contributed by atoms with Crippen LogP contribution in [0, 0.1) is 12.7 Å². The fourth-order valence-corrected chi connectivity index (χ4v) is 2.63. The maximum absolute atomic E-state index is 13.0. The van der Waals surface area contributed by atoms with Crippen LogP contribution in [0.1, 0.15) is 24.0 Å². The van der Waals surface area contributed by atoms with Gasteiger partial charge in [0.2, 0.25) is 0 Å². The summed E-state index contributed by atoms with van der Waals surface area (Å²) < 4.78 is 13.0. The monoisotopic (exact) mass is 236 g/mol. The number of likely N-dealkylation sites (tertiary alicyclic amines) is 1. The Morgan fingerprint density at radius 3 is 3.00 bits per heavy atom. The molecule has 1 aliphatic rings. The van der Waals surface area contributed by atoms with Gasteiger partial charge >= 0.3 is 0 Å². The lowest BCUT2D eigenvalue weighted by Gasteiger charge is -2.25. The van der Waals surface area contributed by atoms with Crippen molar-refractivity contribution in [1.29, 1.82) is 0 Å². The Labute approximate surface area is 103 Å². The van der Waals surface area contributed by atoms with Gasteiger partial charge in [-0.05, 0) is 56.6 Å². The summed E-state index contributed by atoms with van der Waals surface area (Å²) in [5.41, 5.74) is 2.30. The van der Waals surface area contributed by atoms with Gasteiger partial charge in [-0.2, -0.15) is 0 Å². The van der Waals surface area contributed by atoms with Crippen molar-refractivity contribution in [2.75, 3.05) is 20.1 Å². The third-order valence-electron chi connectivity index (χ3n) is 3.62. The summed E-state index contributed by atoms with van der Waals surface area (Å²) in [4.78, 5) is 2.50. The van der Waals surface area contributed by atoms with Crippen LogP contribution in [-0.2, 0) is 6.54 Å². The smallest absolute Gasteiger partial charge is 0.123 e. The predicted molar refractivity (Wildman–Crippen MR) is 68.5 cm³/mol. The number of nitrogens with one attached hydrogen (secondary N) is 1. The summed E-state index contributed by atoms with van der Waals surface area (Å²) >= 11 is 0. The van der Waals surface area contributed by atoms with Gasteiger partial charge in [-0.25, -0.2) is 4.39 Å². The lowest BCUT2D eigenvalue weighted by Crippen LogP contribution is -2.36. The summed E-state index contributed by atoms with van der Waals surface area (Å²) in [6.07, 6.45) is 2.54. The molecule has 3 heteroatoms. The van der Waals surface area contributed by atoms with Crippen molar-refractivity contribution in [3.05, 3.63) is 35.1 Å². The van der Waals surface area contributed by atoms with E-state index in [9.17, 15) is 4.39 Å². The molecule has 94 valence electrons. The van der Waals surface area contributed by atoms with Crippen molar-refractivity contribution in [2.24, 2.45) is 0 Å². The summed E-state index contributed by atoms with van der Waals surface area (Å²) in [6.45, 7) is 5.13. The molecule has 0 bridgehead atoms. The maximum Gasteiger partial charge on any atom is 0.123 e. The zero-order valence-corrected chi connectivity index (χ0v) is 10.7. The highest BCUT2D eigenvalue weighted by molar-refractivity contribution is 5.26. The van der Waals surface area contributed by atoms with E-state index in [0.29, 0.717) is 6.04 Å². The van der Waals surface area contributed by atoms with E-state index in [1.165, 1.54) is 18.4 Å². The van der Waals surface area contributed by atoms with Crippen LogP contribution in [0.2, 0.25) is 0 Å². The number of nitrogens with zero attached hydrogens (tertiary/aromatic N) is 1. The molecule has 1 aromatic carbocycles. The van der Waals surface area contributed by atoms with E-state index in [1.807, 2.05) is 20.0 Å². The quantitative estimate of drug-likeness (QED) is 0.863. The van der Waals surface area contributed by atoms with E-state index >= 15 is 0 Å². The van der Waals surface area contributed by atoms with E-state index in [4.69, 9.17) is 0 Å². The number of likely N-dealkylation sites (N-methyl/N-ethyl adjacent to an activating group) is 1. The van der Waals surface area contributed by atoms with E-state index in [0.717, 1.165) is 25.2 Å².